The molecule has 3 aromatic carbocycles. The summed E-state index contributed by atoms with van der Waals surface area (Å²) in [4.78, 5) is 14.7. The normalized spacial score (nSPS) is 10.2. The van der Waals surface area contributed by atoms with Crippen molar-refractivity contribution >= 4 is 11.7 Å². The molecule has 0 aliphatic heterocycles. The number of carbonyl (C=O) groups is 1. The highest BCUT2D eigenvalue weighted by Crippen LogP contribution is 2.18. The minimum absolute atomic E-state index is 0.147. The van der Waals surface area contributed by atoms with E-state index in [1.165, 1.54) is 0 Å². The van der Waals surface area contributed by atoms with Crippen LogP contribution in [0.25, 0.3) is 0 Å². The first-order valence-electron chi connectivity index (χ1n) is 8.52. The van der Waals surface area contributed by atoms with E-state index in [-0.39, 0.29) is 6.03 Å². The number of methoxy groups -OCH3 is 1. The van der Waals surface area contributed by atoms with Gasteiger partial charge in [0, 0.05) is 24.8 Å². The Kier molecular flexibility index (Phi) is 5.88. The second-order valence-corrected chi connectivity index (χ2v) is 5.99. The summed E-state index contributed by atoms with van der Waals surface area (Å²) >= 11 is 0. The molecule has 132 valence electrons. The zero-order valence-electron chi connectivity index (χ0n) is 14.8. The lowest BCUT2D eigenvalue weighted by molar-refractivity contribution is 0.206. The molecule has 3 aromatic rings. The van der Waals surface area contributed by atoms with E-state index in [2.05, 4.69) is 5.32 Å². The third-order valence-corrected chi connectivity index (χ3v) is 4.04. The van der Waals surface area contributed by atoms with E-state index in [1.54, 1.807) is 18.1 Å². The number of hydrogen-bond donors (Lipinski definition) is 1. The summed E-state index contributed by atoms with van der Waals surface area (Å²) in [7, 11) is 1.61. The summed E-state index contributed by atoms with van der Waals surface area (Å²) in [6.07, 6.45) is 0. The van der Waals surface area contributed by atoms with Crippen molar-refractivity contribution in [3.8, 4) is 5.75 Å². The average molecular weight is 346 g/mol. The van der Waals surface area contributed by atoms with Gasteiger partial charge in [0.1, 0.15) is 5.75 Å². The molecule has 0 radical (unpaired) electrons. The minimum Gasteiger partial charge on any atom is -0.497 e. The van der Waals surface area contributed by atoms with Crippen molar-refractivity contribution < 1.29 is 9.53 Å². The predicted molar refractivity (Wildman–Crippen MR) is 104 cm³/mol. The Morgan fingerprint density at radius 2 is 1.42 bits per heavy atom. The van der Waals surface area contributed by atoms with Crippen LogP contribution in [0.2, 0.25) is 0 Å². The SMILES string of the molecule is COc1cccc(NC(=O)N(Cc2ccccc2)Cc2ccccc2)c1. The second-order valence-electron chi connectivity index (χ2n) is 5.99. The number of benzene rings is 3. The first kappa shape index (κ1) is 17.5. The van der Waals surface area contributed by atoms with Crippen molar-refractivity contribution in [1.82, 2.24) is 4.90 Å². The fourth-order valence-electron chi connectivity index (χ4n) is 2.71. The number of urea groups is 1. The van der Waals surface area contributed by atoms with Crippen LogP contribution in [0.15, 0.2) is 84.9 Å². The van der Waals surface area contributed by atoms with E-state index < -0.39 is 0 Å². The molecule has 0 aliphatic carbocycles. The number of hydrogen-bond acceptors (Lipinski definition) is 2. The minimum atomic E-state index is -0.147. The van der Waals surface area contributed by atoms with Crippen LogP contribution in [0.1, 0.15) is 11.1 Å². The van der Waals surface area contributed by atoms with Crippen LogP contribution < -0.4 is 10.1 Å². The van der Waals surface area contributed by atoms with Crippen LogP contribution in [0.4, 0.5) is 10.5 Å². The van der Waals surface area contributed by atoms with Crippen molar-refractivity contribution in [1.29, 1.82) is 0 Å². The number of carbonyl (C=O) groups excluding carboxylic acids is 1. The molecule has 0 atom stereocenters. The molecule has 3 rings (SSSR count). The molecular weight excluding hydrogens is 324 g/mol. The van der Waals surface area contributed by atoms with Gasteiger partial charge in [0.25, 0.3) is 0 Å². The Balaban J connectivity index is 1.77. The van der Waals surface area contributed by atoms with Crippen molar-refractivity contribution in [3.05, 3.63) is 96.1 Å². The molecule has 0 saturated heterocycles. The van der Waals surface area contributed by atoms with E-state index in [1.807, 2.05) is 78.9 Å². The monoisotopic (exact) mass is 346 g/mol. The number of ether oxygens (including phenoxy) is 1. The highest BCUT2D eigenvalue weighted by molar-refractivity contribution is 5.89. The predicted octanol–water partition coefficient (Wildman–Crippen LogP) is 4.93. The summed E-state index contributed by atoms with van der Waals surface area (Å²) in [5, 5.41) is 2.96. The first-order chi connectivity index (χ1) is 12.7. The third kappa shape index (κ3) is 4.86. The molecule has 0 aliphatic rings. The third-order valence-electron chi connectivity index (χ3n) is 4.04. The number of anilines is 1. The zero-order valence-corrected chi connectivity index (χ0v) is 14.8. The van der Waals surface area contributed by atoms with Crippen molar-refractivity contribution in [2.45, 2.75) is 13.1 Å². The second kappa shape index (κ2) is 8.72. The molecule has 2 amide bonds. The Bertz CT molecular complexity index is 794. The molecule has 0 fully saturated rings. The summed E-state index contributed by atoms with van der Waals surface area (Å²) in [6, 6.07) is 27.2. The van der Waals surface area contributed by atoms with Crippen LogP contribution in [-0.2, 0) is 13.1 Å². The van der Waals surface area contributed by atoms with Crippen LogP contribution >= 0.6 is 0 Å². The van der Waals surface area contributed by atoms with Gasteiger partial charge in [-0.25, -0.2) is 4.79 Å². The Morgan fingerprint density at radius 1 is 0.846 bits per heavy atom. The molecule has 0 saturated carbocycles. The maximum absolute atomic E-state index is 12.9. The molecule has 1 N–H and O–H groups in total. The van der Waals surface area contributed by atoms with Gasteiger partial charge in [0.2, 0.25) is 0 Å². The van der Waals surface area contributed by atoms with Gasteiger partial charge >= 0.3 is 6.03 Å². The molecule has 4 heteroatoms. The van der Waals surface area contributed by atoms with E-state index >= 15 is 0 Å². The summed E-state index contributed by atoms with van der Waals surface area (Å²) in [5.41, 5.74) is 2.88. The topological polar surface area (TPSA) is 41.6 Å². The van der Waals surface area contributed by atoms with Crippen LogP contribution in [0, 0.1) is 0 Å². The number of amides is 2. The molecule has 26 heavy (non-hydrogen) atoms. The van der Waals surface area contributed by atoms with E-state index in [0.717, 1.165) is 11.1 Å². The Labute approximate surface area is 154 Å². The smallest absolute Gasteiger partial charge is 0.322 e. The zero-order chi connectivity index (χ0) is 18.2. The largest absolute Gasteiger partial charge is 0.497 e. The summed E-state index contributed by atoms with van der Waals surface area (Å²) in [6.45, 7) is 1.07. The molecule has 0 unspecified atom stereocenters. The van der Waals surface area contributed by atoms with Gasteiger partial charge < -0.3 is 15.0 Å². The highest BCUT2D eigenvalue weighted by atomic mass is 16.5. The fraction of sp³-hybridized carbons (Fsp3) is 0.136. The lowest BCUT2D eigenvalue weighted by atomic mass is 10.2. The molecule has 0 spiro atoms. The van der Waals surface area contributed by atoms with Gasteiger partial charge in [0.15, 0.2) is 0 Å². The Morgan fingerprint density at radius 3 is 1.96 bits per heavy atom. The molecule has 0 heterocycles. The van der Waals surface area contributed by atoms with Gasteiger partial charge in [0.05, 0.1) is 7.11 Å². The Hall–Kier alpha value is -3.27. The summed E-state index contributed by atoms with van der Waals surface area (Å²) in [5.74, 6) is 0.709. The average Bonchev–Trinajstić information content (AvgIpc) is 2.69. The molecule has 4 nitrogen and oxygen atoms in total. The van der Waals surface area contributed by atoms with Crippen LogP contribution in [0.5, 0.6) is 5.75 Å². The fourth-order valence-corrected chi connectivity index (χ4v) is 2.71. The molecule has 0 aromatic heterocycles. The highest BCUT2D eigenvalue weighted by Gasteiger charge is 2.15. The standard InChI is InChI=1S/C22H22N2O2/c1-26-21-14-8-13-20(15-21)23-22(25)24(16-18-9-4-2-5-10-18)17-19-11-6-3-7-12-19/h2-15H,16-17H2,1H3,(H,23,25). The lowest BCUT2D eigenvalue weighted by Gasteiger charge is -2.23. The van der Waals surface area contributed by atoms with Gasteiger partial charge in [-0.3, -0.25) is 0 Å². The van der Waals surface area contributed by atoms with Crippen LogP contribution in [0.3, 0.4) is 0 Å². The molecular formula is C22H22N2O2. The van der Waals surface area contributed by atoms with Crippen LogP contribution in [-0.4, -0.2) is 18.0 Å². The quantitative estimate of drug-likeness (QED) is 0.687. The van der Waals surface area contributed by atoms with E-state index in [9.17, 15) is 4.79 Å². The summed E-state index contributed by atoms with van der Waals surface area (Å²) < 4.78 is 5.22. The van der Waals surface area contributed by atoms with E-state index in [4.69, 9.17) is 4.74 Å². The van der Waals surface area contributed by atoms with Gasteiger partial charge in [-0.2, -0.15) is 0 Å². The maximum atomic E-state index is 12.9. The van der Waals surface area contributed by atoms with Crippen molar-refractivity contribution in [2.24, 2.45) is 0 Å². The number of rotatable bonds is 6. The number of nitrogens with one attached hydrogen (secondary N) is 1. The van der Waals surface area contributed by atoms with E-state index in [0.29, 0.717) is 24.5 Å². The van der Waals surface area contributed by atoms with Gasteiger partial charge in [-0.1, -0.05) is 66.7 Å². The molecule has 0 bridgehead atoms. The van der Waals surface area contributed by atoms with Gasteiger partial charge in [-0.05, 0) is 23.3 Å². The van der Waals surface area contributed by atoms with Crippen molar-refractivity contribution in [3.63, 3.8) is 0 Å². The maximum Gasteiger partial charge on any atom is 0.322 e. The van der Waals surface area contributed by atoms with Gasteiger partial charge in [-0.15, -0.1) is 0 Å². The number of nitrogens with zero attached hydrogens (tertiary/aromatic N) is 1. The van der Waals surface area contributed by atoms with Crippen molar-refractivity contribution in [2.75, 3.05) is 12.4 Å². The lowest BCUT2D eigenvalue weighted by Crippen LogP contribution is -2.34. The first-order valence-corrected chi connectivity index (χ1v) is 8.52.